The molecule has 0 radical (unpaired) electrons. The fourth-order valence-corrected chi connectivity index (χ4v) is 2.68. The van der Waals surface area contributed by atoms with Crippen LogP contribution in [0.5, 0.6) is 0 Å². The average molecular weight is 359 g/mol. The minimum atomic E-state index is -0.464. The molecule has 1 heterocycles. The molecule has 134 valence electrons. The van der Waals surface area contributed by atoms with E-state index >= 15 is 0 Å². The van der Waals surface area contributed by atoms with Crippen molar-refractivity contribution in [3.63, 3.8) is 0 Å². The van der Waals surface area contributed by atoms with E-state index in [4.69, 9.17) is 5.26 Å². The largest absolute Gasteiger partial charge is 0.349 e. The van der Waals surface area contributed by atoms with E-state index < -0.39 is 4.92 Å². The van der Waals surface area contributed by atoms with Crippen LogP contribution in [0.15, 0.2) is 54.7 Å². The normalized spacial score (nSPS) is 10.1. The SMILES string of the molecule is Cc1cccc(C)c1Nc1cc(Nc2ccc(C#N)cc2)ncc1[N+](=O)[O-]. The highest BCUT2D eigenvalue weighted by Gasteiger charge is 2.17. The number of aryl methyl sites for hydroxylation is 2. The van der Waals surface area contributed by atoms with Crippen LogP contribution in [0.4, 0.5) is 28.6 Å². The lowest BCUT2D eigenvalue weighted by molar-refractivity contribution is -0.384. The predicted molar refractivity (Wildman–Crippen MR) is 105 cm³/mol. The van der Waals surface area contributed by atoms with E-state index in [2.05, 4.69) is 21.7 Å². The van der Waals surface area contributed by atoms with E-state index in [0.717, 1.165) is 22.5 Å². The Labute approximate surface area is 156 Å². The zero-order chi connectivity index (χ0) is 19.4. The quantitative estimate of drug-likeness (QED) is 0.492. The summed E-state index contributed by atoms with van der Waals surface area (Å²) in [5.41, 5.74) is 4.33. The van der Waals surface area contributed by atoms with E-state index in [9.17, 15) is 10.1 Å². The second-order valence-corrected chi connectivity index (χ2v) is 6.05. The van der Waals surface area contributed by atoms with Crippen molar-refractivity contribution in [3.05, 3.63) is 81.5 Å². The number of pyridine rings is 1. The van der Waals surface area contributed by atoms with Gasteiger partial charge in [0.2, 0.25) is 0 Å². The lowest BCUT2D eigenvalue weighted by atomic mass is 10.1. The first-order valence-electron chi connectivity index (χ1n) is 8.23. The molecule has 0 amide bonds. The van der Waals surface area contributed by atoms with Gasteiger partial charge < -0.3 is 10.6 Å². The van der Waals surface area contributed by atoms with Gasteiger partial charge in [0, 0.05) is 17.4 Å². The molecule has 3 rings (SSSR count). The van der Waals surface area contributed by atoms with Gasteiger partial charge in [0.15, 0.2) is 0 Å². The summed E-state index contributed by atoms with van der Waals surface area (Å²) in [5, 5.41) is 26.5. The van der Waals surface area contributed by atoms with Crippen LogP contribution >= 0.6 is 0 Å². The van der Waals surface area contributed by atoms with Gasteiger partial charge in [0.1, 0.15) is 17.7 Å². The van der Waals surface area contributed by atoms with Crippen molar-refractivity contribution < 1.29 is 4.92 Å². The van der Waals surface area contributed by atoms with Crippen molar-refractivity contribution in [1.29, 1.82) is 5.26 Å². The summed E-state index contributed by atoms with van der Waals surface area (Å²) in [6.07, 6.45) is 1.22. The van der Waals surface area contributed by atoms with Crippen molar-refractivity contribution >= 4 is 28.6 Å². The Morgan fingerprint density at radius 1 is 1.07 bits per heavy atom. The highest BCUT2D eigenvalue weighted by atomic mass is 16.6. The van der Waals surface area contributed by atoms with Crippen LogP contribution in [0.3, 0.4) is 0 Å². The van der Waals surface area contributed by atoms with Crippen LogP contribution in [0, 0.1) is 35.3 Å². The molecule has 0 aliphatic carbocycles. The molecular formula is C20H17N5O2. The third kappa shape index (κ3) is 4.02. The molecule has 0 spiro atoms. The number of nitrogens with zero attached hydrogens (tertiary/aromatic N) is 3. The van der Waals surface area contributed by atoms with Crippen LogP contribution in [-0.4, -0.2) is 9.91 Å². The van der Waals surface area contributed by atoms with Gasteiger partial charge in [-0.15, -0.1) is 0 Å². The smallest absolute Gasteiger partial charge is 0.310 e. The Balaban J connectivity index is 1.95. The first-order valence-corrected chi connectivity index (χ1v) is 8.23. The van der Waals surface area contributed by atoms with Crippen molar-refractivity contribution in [1.82, 2.24) is 4.98 Å². The maximum absolute atomic E-state index is 11.4. The van der Waals surface area contributed by atoms with Crippen LogP contribution in [0.25, 0.3) is 0 Å². The Bertz CT molecular complexity index is 1020. The highest BCUT2D eigenvalue weighted by Crippen LogP contribution is 2.32. The summed E-state index contributed by atoms with van der Waals surface area (Å²) < 4.78 is 0. The molecule has 0 bridgehead atoms. The second kappa shape index (κ2) is 7.54. The molecule has 7 heteroatoms. The van der Waals surface area contributed by atoms with Crippen LogP contribution < -0.4 is 10.6 Å². The third-order valence-corrected chi connectivity index (χ3v) is 4.11. The Morgan fingerprint density at radius 2 is 1.74 bits per heavy atom. The Kier molecular flexibility index (Phi) is 4.99. The predicted octanol–water partition coefficient (Wildman–Crippen LogP) is 4.97. The summed E-state index contributed by atoms with van der Waals surface area (Å²) in [5.74, 6) is 0.457. The molecule has 3 aromatic rings. The number of nitriles is 1. The van der Waals surface area contributed by atoms with Crippen molar-refractivity contribution in [2.45, 2.75) is 13.8 Å². The monoisotopic (exact) mass is 359 g/mol. The van der Waals surface area contributed by atoms with E-state index in [1.54, 1.807) is 30.3 Å². The average Bonchev–Trinajstić information content (AvgIpc) is 2.65. The summed E-state index contributed by atoms with van der Waals surface area (Å²) in [7, 11) is 0. The highest BCUT2D eigenvalue weighted by molar-refractivity contribution is 5.76. The molecular weight excluding hydrogens is 342 g/mol. The number of hydrogen-bond donors (Lipinski definition) is 2. The fourth-order valence-electron chi connectivity index (χ4n) is 2.68. The number of anilines is 4. The number of nitro groups is 1. The Morgan fingerprint density at radius 3 is 2.33 bits per heavy atom. The molecule has 0 saturated carbocycles. The van der Waals surface area contributed by atoms with Gasteiger partial charge in [-0.05, 0) is 49.2 Å². The van der Waals surface area contributed by atoms with Crippen LogP contribution in [-0.2, 0) is 0 Å². The van der Waals surface area contributed by atoms with Gasteiger partial charge >= 0.3 is 5.69 Å². The fraction of sp³-hybridized carbons (Fsp3) is 0.100. The molecule has 0 aliphatic heterocycles. The molecule has 0 fully saturated rings. The van der Waals surface area contributed by atoms with E-state index in [1.807, 2.05) is 32.0 Å². The first kappa shape index (κ1) is 17.9. The van der Waals surface area contributed by atoms with Gasteiger partial charge in [-0.25, -0.2) is 4.98 Å². The van der Waals surface area contributed by atoms with Crippen LogP contribution in [0.2, 0.25) is 0 Å². The van der Waals surface area contributed by atoms with Gasteiger partial charge in [0.05, 0.1) is 16.6 Å². The first-order chi connectivity index (χ1) is 13.0. The minimum absolute atomic E-state index is 0.108. The molecule has 0 unspecified atom stereocenters. The molecule has 27 heavy (non-hydrogen) atoms. The van der Waals surface area contributed by atoms with Gasteiger partial charge in [-0.2, -0.15) is 5.26 Å². The Hall–Kier alpha value is -3.92. The lowest BCUT2D eigenvalue weighted by Crippen LogP contribution is -2.03. The molecule has 2 aromatic carbocycles. The number of hydrogen-bond acceptors (Lipinski definition) is 6. The van der Waals surface area contributed by atoms with E-state index in [1.165, 1.54) is 6.20 Å². The zero-order valence-electron chi connectivity index (χ0n) is 14.9. The second-order valence-electron chi connectivity index (χ2n) is 6.05. The molecule has 7 nitrogen and oxygen atoms in total. The zero-order valence-corrected chi connectivity index (χ0v) is 14.9. The molecule has 0 saturated heterocycles. The standard InChI is InChI=1S/C20H17N5O2/c1-13-4-3-5-14(2)20(13)24-17-10-19(22-12-18(17)25(26)27)23-16-8-6-15(11-21)7-9-16/h3-10,12H,1-2H3,(H2,22,23,24). The van der Waals surface area contributed by atoms with Crippen molar-refractivity contribution in [2.24, 2.45) is 0 Å². The lowest BCUT2D eigenvalue weighted by Gasteiger charge is -2.14. The summed E-state index contributed by atoms with van der Waals surface area (Å²) in [4.78, 5) is 15.1. The topological polar surface area (TPSA) is 104 Å². The van der Waals surface area contributed by atoms with Gasteiger partial charge in [0.25, 0.3) is 0 Å². The summed E-state index contributed by atoms with van der Waals surface area (Å²) in [6.45, 7) is 3.89. The molecule has 1 aromatic heterocycles. The van der Waals surface area contributed by atoms with Gasteiger partial charge in [-0.1, -0.05) is 18.2 Å². The number of rotatable bonds is 5. The third-order valence-electron chi connectivity index (χ3n) is 4.11. The van der Waals surface area contributed by atoms with E-state index in [0.29, 0.717) is 17.1 Å². The number of aromatic nitrogens is 1. The van der Waals surface area contributed by atoms with Gasteiger partial charge in [-0.3, -0.25) is 10.1 Å². The number of para-hydroxylation sites is 1. The minimum Gasteiger partial charge on any atom is -0.349 e. The van der Waals surface area contributed by atoms with Crippen molar-refractivity contribution in [2.75, 3.05) is 10.6 Å². The summed E-state index contributed by atoms with van der Waals surface area (Å²) >= 11 is 0. The molecule has 0 atom stereocenters. The maximum Gasteiger partial charge on any atom is 0.310 e. The molecule has 0 aliphatic rings. The van der Waals surface area contributed by atoms with Crippen LogP contribution in [0.1, 0.15) is 16.7 Å². The maximum atomic E-state index is 11.4. The number of nitrogens with one attached hydrogen (secondary N) is 2. The number of benzene rings is 2. The van der Waals surface area contributed by atoms with E-state index in [-0.39, 0.29) is 5.69 Å². The molecule has 2 N–H and O–H groups in total. The van der Waals surface area contributed by atoms with Crippen molar-refractivity contribution in [3.8, 4) is 6.07 Å². The summed E-state index contributed by atoms with van der Waals surface area (Å²) in [6, 6.07) is 16.3.